The number of benzene rings is 1. The van der Waals surface area contributed by atoms with Crippen molar-refractivity contribution in [3.8, 4) is 0 Å². The van der Waals surface area contributed by atoms with E-state index in [1.165, 1.54) is 12.8 Å². The zero-order chi connectivity index (χ0) is 14.9. The van der Waals surface area contributed by atoms with Gasteiger partial charge in [-0.05, 0) is 49.3 Å². The second-order valence-electron chi connectivity index (χ2n) is 6.41. The van der Waals surface area contributed by atoms with E-state index in [1.54, 1.807) is 10.4 Å². The van der Waals surface area contributed by atoms with Gasteiger partial charge in [0.1, 0.15) is 0 Å². The molecule has 21 heavy (non-hydrogen) atoms. The van der Waals surface area contributed by atoms with Gasteiger partial charge in [0, 0.05) is 25.7 Å². The third-order valence-corrected chi connectivity index (χ3v) is 6.19. The average molecular weight is 308 g/mol. The number of sulfonamides is 1. The van der Waals surface area contributed by atoms with Crippen LogP contribution in [0, 0.1) is 5.92 Å². The average Bonchev–Trinajstić information content (AvgIpc) is 3.30. The molecule has 1 aliphatic carbocycles. The molecule has 0 radical (unpaired) electrons. The lowest BCUT2D eigenvalue weighted by atomic mass is 10.0. The van der Waals surface area contributed by atoms with Crippen molar-refractivity contribution in [2.75, 3.05) is 13.1 Å². The molecular formula is C16H24N2O2S. The predicted molar refractivity (Wildman–Crippen MR) is 83.5 cm³/mol. The smallest absolute Gasteiger partial charge is 0.243 e. The van der Waals surface area contributed by atoms with Crippen molar-refractivity contribution >= 4 is 10.0 Å². The summed E-state index contributed by atoms with van der Waals surface area (Å²) in [6, 6.07) is 8.02. The zero-order valence-electron chi connectivity index (χ0n) is 12.6. The Hall–Kier alpha value is -0.910. The molecule has 2 fully saturated rings. The molecular weight excluding hydrogens is 284 g/mol. The molecule has 1 saturated heterocycles. The molecule has 1 atom stereocenters. The largest absolute Gasteiger partial charge is 0.310 e. The summed E-state index contributed by atoms with van der Waals surface area (Å²) in [7, 11) is -3.33. The van der Waals surface area contributed by atoms with E-state index in [1.807, 2.05) is 18.2 Å². The lowest BCUT2D eigenvalue weighted by Crippen LogP contribution is -2.39. The van der Waals surface area contributed by atoms with Crippen LogP contribution in [-0.2, 0) is 16.6 Å². The summed E-state index contributed by atoms with van der Waals surface area (Å²) in [4.78, 5) is 0.437. The van der Waals surface area contributed by atoms with E-state index in [9.17, 15) is 8.42 Å². The highest BCUT2D eigenvalue weighted by Crippen LogP contribution is 2.24. The van der Waals surface area contributed by atoms with Crippen LogP contribution in [0.25, 0.3) is 0 Å². The van der Waals surface area contributed by atoms with Crippen molar-refractivity contribution < 1.29 is 8.42 Å². The number of piperidine rings is 1. The molecule has 0 aromatic heterocycles. The third-order valence-electron chi connectivity index (χ3n) is 4.33. The highest BCUT2D eigenvalue weighted by atomic mass is 32.2. The van der Waals surface area contributed by atoms with Crippen molar-refractivity contribution in [2.45, 2.75) is 50.1 Å². The SMILES string of the molecule is CC1CCCN(S(=O)(=O)c2cccc(CNC3CC3)c2)C1. The van der Waals surface area contributed by atoms with Crippen LogP contribution in [-0.4, -0.2) is 31.9 Å². The first-order chi connectivity index (χ1) is 10.1. The van der Waals surface area contributed by atoms with Gasteiger partial charge in [0.2, 0.25) is 10.0 Å². The maximum Gasteiger partial charge on any atom is 0.243 e. The van der Waals surface area contributed by atoms with E-state index in [-0.39, 0.29) is 0 Å². The van der Waals surface area contributed by atoms with Crippen molar-refractivity contribution in [3.05, 3.63) is 29.8 Å². The fourth-order valence-corrected chi connectivity index (χ4v) is 4.55. The fourth-order valence-electron chi connectivity index (χ4n) is 2.88. The molecule has 1 heterocycles. The first-order valence-corrected chi connectivity index (χ1v) is 9.32. The van der Waals surface area contributed by atoms with Crippen LogP contribution in [0.2, 0.25) is 0 Å². The standard InChI is InChI=1S/C16H24N2O2S/c1-13-4-3-9-18(12-13)21(19,20)16-6-2-5-14(10-16)11-17-15-7-8-15/h2,5-6,10,13,15,17H,3-4,7-9,11-12H2,1H3. The molecule has 1 aromatic rings. The first kappa shape index (κ1) is 15.0. The monoisotopic (exact) mass is 308 g/mol. The summed E-state index contributed by atoms with van der Waals surface area (Å²) in [5.74, 6) is 0.452. The molecule has 1 N–H and O–H groups in total. The number of hydrogen-bond donors (Lipinski definition) is 1. The minimum atomic E-state index is -3.33. The molecule has 1 unspecified atom stereocenters. The Morgan fingerprint density at radius 2 is 2.10 bits per heavy atom. The van der Waals surface area contributed by atoms with E-state index in [0.29, 0.717) is 29.9 Å². The molecule has 116 valence electrons. The minimum absolute atomic E-state index is 0.437. The Morgan fingerprint density at radius 3 is 2.81 bits per heavy atom. The van der Waals surface area contributed by atoms with Crippen LogP contribution in [0.3, 0.4) is 0 Å². The van der Waals surface area contributed by atoms with Crippen LogP contribution in [0.1, 0.15) is 38.2 Å². The van der Waals surface area contributed by atoms with Gasteiger partial charge in [-0.1, -0.05) is 19.1 Å². The highest BCUT2D eigenvalue weighted by Gasteiger charge is 2.28. The highest BCUT2D eigenvalue weighted by molar-refractivity contribution is 7.89. The molecule has 0 bridgehead atoms. The topological polar surface area (TPSA) is 49.4 Å². The van der Waals surface area contributed by atoms with Crippen LogP contribution < -0.4 is 5.32 Å². The van der Waals surface area contributed by atoms with Crippen LogP contribution in [0.5, 0.6) is 0 Å². The van der Waals surface area contributed by atoms with Gasteiger partial charge in [-0.3, -0.25) is 0 Å². The van der Waals surface area contributed by atoms with Crippen molar-refractivity contribution in [1.82, 2.24) is 9.62 Å². The molecule has 1 saturated carbocycles. The van der Waals surface area contributed by atoms with Crippen molar-refractivity contribution in [2.24, 2.45) is 5.92 Å². The summed E-state index contributed by atoms with van der Waals surface area (Å²) in [5.41, 5.74) is 1.05. The van der Waals surface area contributed by atoms with Crippen LogP contribution in [0.4, 0.5) is 0 Å². The number of nitrogens with one attached hydrogen (secondary N) is 1. The van der Waals surface area contributed by atoms with Crippen LogP contribution in [0.15, 0.2) is 29.2 Å². The van der Waals surface area contributed by atoms with E-state index in [4.69, 9.17) is 0 Å². The van der Waals surface area contributed by atoms with Gasteiger partial charge in [-0.25, -0.2) is 8.42 Å². The number of rotatable bonds is 5. The fraction of sp³-hybridized carbons (Fsp3) is 0.625. The molecule has 5 heteroatoms. The van der Waals surface area contributed by atoms with Gasteiger partial charge in [0.25, 0.3) is 0 Å². The maximum atomic E-state index is 12.7. The summed E-state index contributed by atoms with van der Waals surface area (Å²) in [6.45, 7) is 4.17. The van der Waals surface area contributed by atoms with Gasteiger partial charge in [-0.15, -0.1) is 0 Å². The van der Waals surface area contributed by atoms with Gasteiger partial charge in [0.05, 0.1) is 4.90 Å². The normalized spacial score (nSPS) is 24.1. The van der Waals surface area contributed by atoms with E-state index >= 15 is 0 Å². The summed E-state index contributed by atoms with van der Waals surface area (Å²) < 4.78 is 27.1. The molecule has 3 rings (SSSR count). The zero-order valence-corrected chi connectivity index (χ0v) is 13.4. The van der Waals surface area contributed by atoms with Crippen LogP contribution >= 0.6 is 0 Å². The molecule has 1 aromatic carbocycles. The summed E-state index contributed by atoms with van der Waals surface area (Å²) in [5, 5.41) is 3.43. The second kappa shape index (κ2) is 6.07. The third kappa shape index (κ3) is 3.65. The molecule has 0 amide bonds. The summed E-state index contributed by atoms with van der Waals surface area (Å²) in [6.07, 6.45) is 4.56. The Labute approximate surface area is 127 Å². The lowest BCUT2D eigenvalue weighted by molar-refractivity contribution is 0.281. The van der Waals surface area contributed by atoms with Gasteiger partial charge < -0.3 is 5.32 Å². The predicted octanol–water partition coefficient (Wildman–Crippen LogP) is 2.36. The number of hydrogen-bond acceptors (Lipinski definition) is 3. The minimum Gasteiger partial charge on any atom is -0.310 e. The molecule has 1 aliphatic heterocycles. The van der Waals surface area contributed by atoms with Crippen molar-refractivity contribution in [3.63, 3.8) is 0 Å². The molecule has 2 aliphatic rings. The van der Waals surface area contributed by atoms with E-state index in [2.05, 4.69) is 12.2 Å². The van der Waals surface area contributed by atoms with Gasteiger partial charge in [0.15, 0.2) is 0 Å². The van der Waals surface area contributed by atoms with Gasteiger partial charge >= 0.3 is 0 Å². The van der Waals surface area contributed by atoms with Crippen molar-refractivity contribution in [1.29, 1.82) is 0 Å². The Kier molecular flexibility index (Phi) is 4.33. The van der Waals surface area contributed by atoms with E-state index in [0.717, 1.165) is 24.9 Å². The lowest BCUT2D eigenvalue weighted by Gasteiger charge is -2.30. The quantitative estimate of drug-likeness (QED) is 0.908. The molecule has 0 spiro atoms. The first-order valence-electron chi connectivity index (χ1n) is 7.88. The second-order valence-corrected chi connectivity index (χ2v) is 8.35. The maximum absolute atomic E-state index is 12.7. The Morgan fingerprint density at radius 1 is 1.29 bits per heavy atom. The van der Waals surface area contributed by atoms with E-state index < -0.39 is 10.0 Å². The van der Waals surface area contributed by atoms with Gasteiger partial charge in [-0.2, -0.15) is 4.31 Å². The Bertz CT molecular complexity index is 596. The number of nitrogens with zero attached hydrogens (tertiary/aromatic N) is 1. The Balaban J connectivity index is 1.75. The summed E-state index contributed by atoms with van der Waals surface area (Å²) >= 11 is 0. The molecule has 4 nitrogen and oxygen atoms in total.